The zero-order valence-electron chi connectivity index (χ0n) is 15.3. The number of nitrogens with one attached hydrogen (secondary N) is 1. The van der Waals surface area contributed by atoms with Crippen LogP contribution in [-0.2, 0) is 4.74 Å². The second-order valence-corrected chi connectivity index (χ2v) is 7.30. The van der Waals surface area contributed by atoms with Crippen LogP contribution in [0.4, 0.5) is 0 Å². The van der Waals surface area contributed by atoms with Gasteiger partial charge in [0.05, 0.1) is 0 Å². The molecule has 2 aromatic heterocycles. The van der Waals surface area contributed by atoms with Crippen molar-refractivity contribution in [3.8, 4) is 0 Å². The number of hydrogen-bond acceptors (Lipinski definition) is 6. The Hall–Kier alpha value is -2.06. The molecule has 2 fully saturated rings. The fraction of sp³-hybridized carbons (Fsp3) is 0.667. The molecule has 0 aromatic carbocycles. The second kappa shape index (κ2) is 7.28. The summed E-state index contributed by atoms with van der Waals surface area (Å²) < 4.78 is 7.19. The number of carbonyl (C=O) groups is 1. The SMILES string of the molecule is Cc1ccnc2nc(C(=O)NCC3(N4CCCCC4)CCOCC3)nn12. The highest BCUT2D eigenvalue weighted by Gasteiger charge is 2.39. The molecule has 0 unspecified atom stereocenters. The summed E-state index contributed by atoms with van der Waals surface area (Å²) >= 11 is 0. The number of aryl methyl sites for hydroxylation is 1. The molecule has 8 nitrogen and oxygen atoms in total. The van der Waals surface area contributed by atoms with Gasteiger partial charge in [0.1, 0.15) is 0 Å². The average Bonchev–Trinajstić information content (AvgIpc) is 3.13. The fourth-order valence-corrected chi connectivity index (χ4v) is 4.05. The van der Waals surface area contributed by atoms with Crippen LogP contribution in [0, 0.1) is 6.92 Å². The molecule has 0 bridgehead atoms. The number of hydrogen-bond donors (Lipinski definition) is 1. The lowest BCUT2D eigenvalue weighted by molar-refractivity contribution is -0.0349. The molecule has 0 radical (unpaired) electrons. The summed E-state index contributed by atoms with van der Waals surface area (Å²) in [5.74, 6) is 0.386. The van der Waals surface area contributed by atoms with Crippen LogP contribution in [0.1, 0.15) is 48.4 Å². The van der Waals surface area contributed by atoms with Gasteiger partial charge in [-0.25, -0.2) is 9.50 Å². The van der Waals surface area contributed by atoms with Crippen molar-refractivity contribution in [3.63, 3.8) is 0 Å². The Morgan fingerprint density at radius 3 is 2.77 bits per heavy atom. The van der Waals surface area contributed by atoms with E-state index in [0.29, 0.717) is 12.3 Å². The molecule has 2 aliphatic rings. The smallest absolute Gasteiger partial charge is 0.291 e. The topological polar surface area (TPSA) is 84.7 Å². The summed E-state index contributed by atoms with van der Waals surface area (Å²) in [5, 5.41) is 7.39. The maximum atomic E-state index is 12.7. The van der Waals surface area contributed by atoms with E-state index < -0.39 is 0 Å². The van der Waals surface area contributed by atoms with Crippen molar-refractivity contribution in [2.45, 2.75) is 44.6 Å². The largest absolute Gasteiger partial charge is 0.381 e. The molecule has 8 heteroatoms. The van der Waals surface area contributed by atoms with Gasteiger partial charge in [0.2, 0.25) is 5.82 Å². The molecule has 2 aromatic rings. The summed E-state index contributed by atoms with van der Waals surface area (Å²) in [6.07, 6.45) is 7.34. The van der Waals surface area contributed by atoms with Crippen molar-refractivity contribution < 1.29 is 9.53 Å². The normalized spacial score (nSPS) is 21.0. The van der Waals surface area contributed by atoms with Gasteiger partial charge in [0.25, 0.3) is 11.7 Å². The Labute approximate surface area is 152 Å². The highest BCUT2D eigenvalue weighted by Crippen LogP contribution is 2.30. The Morgan fingerprint density at radius 1 is 1.27 bits per heavy atom. The number of amides is 1. The standard InChI is InChI=1S/C18H26N6O2/c1-14-5-8-19-17-21-15(22-24(14)17)16(25)20-13-18(6-11-26-12-7-18)23-9-3-2-4-10-23/h5,8H,2-4,6-7,9-13H2,1H3,(H,20,25). The summed E-state index contributed by atoms with van der Waals surface area (Å²) in [6.45, 7) is 6.23. The molecule has 26 heavy (non-hydrogen) atoms. The third-order valence-electron chi connectivity index (χ3n) is 5.66. The van der Waals surface area contributed by atoms with Gasteiger partial charge in [0.15, 0.2) is 0 Å². The van der Waals surface area contributed by atoms with E-state index in [1.165, 1.54) is 19.3 Å². The van der Waals surface area contributed by atoms with E-state index >= 15 is 0 Å². The highest BCUT2D eigenvalue weighted by molar-refractivity contribution is 5.90. The zero-order valence-corrected chi connectivity index (χ0v) is 15.3. The first-order chi connectivity index (χ1) is 12.7. The number of aromatic nitrogens is 4. The molecule has 0 aliphatic carbocycles. The van der Waals surface area contributed by atoms with Crippen molar-refractivity contribution in [1.29, 1.82) is 0 Å². The van der Waals surface area contributed by atoms with Gasteiger partial charge in [-0.05, 0) is 51.8 Å². The van der Waals surface area contributed by atoms with Crippen LogP contribution in [0.3, 0.4) is 0 Å². The van der Waals surface area contributed by atoms with E-state index in [-0.39, 0.29) is 17.3 Å². The van der Waals surface area contributed by atoms with Gasteiger partial charge in [-0.1, -0.05) is 6.42 Å². The first-order valence-corrected chi connectivity index (χ1v) is 9.47. The zero-order chi connectivity index (χ0) is 18.0. The molecule has 0 atom stereocenters. The molecule has 2 saturated heterocycles. The summed E-state index contributed by atoms with van der Waals surface area (Å²) in [6, 6.07) is 1.84. The van der Waals surface area contributed by atoms with Crippen molar-refractivity contribution >= 4 is 11.7 Å². The minimum Gasteiger partial charge on any atom is -0.381 e. The highest BCUT2D eigenvalue weighted by atomic mass is 16.5. The monoisotopic (exact) mass is 358 g/mol. The Balaban J connectivity index is 1.49. The third-order valence-corrected chi connectivity index (χ3v) is 5.66. The van der Waals surface area contributed by atoms with Crippen LogP contribution >= 0.6 is 0 Å². The Kier molecular flexibility index (Phi) is 4.86. The Bertz CT molecular complexity index is 777. The maximum absolute atomic E-state index is 12.7. The van der Waals surface area contributed by atoms with Crippen LogP contribution in [0.15, 0.2) is 12.3 Å². The quantitative estimate of drug-likeness (QED) is 0.884. The number of likely N-dealkylation sites (tertiary alicyclic amines) is 1. The molecule has 1 N–H and O–H groups in total. The van der Waals surface area contributed by atoms with Gasteiger partial charge in [-0.2, -0.15) is 4.98 Å². The average molecular weight is 358 g/mol. The molecule has 140 valence electrons. The van der Waals surface area contributed by atoms with Crippen LogP contribution in [-0.4, -0.2) is 68.8 Å². The first kappa shape index (κ1) is 17.4. The molecule has 1 amide bonds. The van der Waals surface area contributed by atoms with Gasteiger partial charge in [0, 0.05) is 37.2 Å². The lowest BCUT2D eigenvalue weighted by atomic mass is 9.86. The number of piperidine rings is 1. The molecular formula is C18H26N6O2. The number of carbonyl (C=O) groups excluding carboxylic acids is 1. The van der Waals surface area contributed by atoms with Crippen LogP contribution in [0.2, 0.25) is 0 Å². The van der Waals surface area contributed by atoms with E-state index in [9.17, 15) is 4.79 Å². The van der Waals surface area contributed by atoms with Crippen molar-refractivity contribution in [3.05, 3.63) is 23.8 Å². The maximum Gasteiger partial charge on any atom is 0.291 e. The van der Waals surface area contributed by atoms with E-state index in [1.807, 2.05) is 13.0 Å². The van der Waals surface area contributed by atoms with Crippen molar-refractivity contribution in [1.82, 2.24) is 29.8 Å². The minimum absolute atomic E-state index is 0.0122. The van der Waals surface area contributed by atoms with Gasteiger partial charge >= 0.3 is 0 Å². The summed E-state index contributed by atoms with van der Waals surface area (Å²) in [5.41, 5.74) is 0.887. The fourth-order valence-electron chi connectivity index (χ4n) is 4.05. The third kappa shape index (κ3) is 3.31. The van der Waals surface area contributed by atoms with E-state index in [2.05, 4.69) is 25.3 Å². The second-order valence-electron chi connectivity index (χ2n) is 7.30. The predicted octanol–water partition coefficient (Wildman–Crippen LogP) is 1.20. The minimum atomic E-state index is -0.238. The van der Waals surface area contributed by atoms with Gasteiger partial charge < -0.3 is 10.1 Å². The van der Waals surface area contributed by atoms with E-state index in [0.717, 1.165) is 44.8 Å². The van der Waals surface area contributed by atoms with Gasteiger partial charge in [-0.15, -0.1) is 5.10 Å². The van der Waals surface area contributed by atoms with Gasteiger partial charge in [-0.3, -0.25) is 9.69 Å². The number of fused-ring (bicyclic) bond motifs is 1. The van der Waals surface area contributed by atoms with Crippen molar-refractivity contribution in [2.24, 2.45) is 0 Å². The molecule has 4 rings (SSSR count). The first-order valence-electron chi connectivity index (χ1n) is 9.47. The lowest BCUT2D eigenvalue weighted by Crippen LogP contribution is -2.59. The van der Waals surface area contributed by atoms with Crippen LogP contribution in [0.25, 0.3) is 5.78 Å². The Morgan fingerprint density at radius 2 is 2.04 bits per heavy atom. The molecule has 2 aliphatic heterocycles. The van der Waals surface area contributed by atoms with E-state index in [1.54, 1.807) is 10.7 Å². The number of rotatable bonds is 4. The van der Waals surface area contributed by atoms with Crippen LogP contribution < -0.4 is 5.32 Å². The molecule has 4 heterocycles. The lowest BCUT2D eigenvalue weighted by Gasteiger charge is -2.48. The molecular weight excluding hydrogens is 332 g/mol. The van der Waals surface area contributed by atoms with E-state index in [4.69, 9.17) is 4.74 Å². The summed E-state index contributed by atoms with van der Waals surface area (Å²) in [4.78, 5) is 23.7. The molecule has 0 saturated carbocycles. The van der Waals surface area contributed by atoms with Crippen molar-refractivity contribution in [2.75, 3.05) is 32.8 Å². The number of ether oxygens (including phenoxy) is 1. The van der Waals surface area contributed by atoms with Crippen LogP contribution in [0.5, 0.6) is 0 Å². The number of nitrogens with zero attached hydrogens (tertiary/aromatic N) is 5. The summed E-state index contributed by atoms with van der Waals surface area (Å²) in [7, 11) is 0. The predicted molar refractivity (Wildman–Crippen MR) is 96.1 cm³/mol. The molecule has 0 spiro atoms.